The maximum Gasteiger partial charge on any atom is 0.490 e. The lowest BCUT2D eigenvalue weighted by Crippen LogP contribution is -2.29. The predicted octanol–water partition coefficient (Wildman–Crippen LogP) is -1.37. The van der Waals surface area contributed by atoms with Crippen LogP contribution in [0.15, 0.2) is 11.0 Å². The molecule has 1 aromatic heterocycles. The summed E-state index contributed by atoms with van der Waals surface area (Å²) in [6.07, 6.45) is -2.78. The Hall–Kier alpha value is -1.32. The Bertz CT molecular complexity index is 1010. The normalized spacial score (nSPS) is 26.1. The molecule has 20 heteroatoms. The third-order valence-electron chi connectivity index (χ3n) is 3.47. The molecule has 7 N–H and O–H groups in total. The van der Waals surface area contributed by atoms with Gasteiger partial charge in [-0.3, -0.25) is 13.9 Å². The van der Waals surface area contributed by atoms with E-state index in [-0.39, 0.29) is 17.8 Å². The first-order chi connectivity index (χ1) is 13.6. The number of aldehydes is 1. The number of anilines is 1. The molecule has 1 aliphatic rings. The highest BCUT2D eigenvalue weighted by Gasteiger charge is 2.43. The van der Waals surface area contributed by atoms with E-state index in [1.807, 2.05) is 0 Å². The van der Waals surface area contributed by atoms with E-state index in [0.29, 0.717) is 6.29 Å². The second kappa shape index (κ2) is 9.04. The number of aliphatic hydroxyl groups is 1. The number of carbonyl (C=O) groups is 1. The van der Waals surface area contributed by atoms with Crippen molar-refractivity contribution in [1.82, 2.24) is 9.55 Å². The minimum absolute atomic E-state index is 0.135. The highest BCUT2D eigenvalue weighted by atomic mass is 31.3. The maximum absolute atomic E-state index is 11.9. The van der Waals surface area contributed by atoms with Crippen molar-refractivity contribution >= 4 is 35.6 Å². The van der Waals surface area contributed by atoms with Gasteiger partial charge in [-0.2, -0.15) is 13.6 Å². The Morgan fingerprint density at radius 1 is 1.23 bits per heavy atom. The van der Waals surface area contributed by atoms with Crippen LogP contribution in [0.3, 0.4) is 0 Å². The maximum atomic E-state index is 11.9. The van der Waals surface area contributed by atoms with Crippen LogP contribution in [-0.4, -0.2) is 59.3 Å². The molecule has 0 bridgehead atoms. The van der Waals surface area contributed by atoms with Gasteiger partial charge in [0.15, 0.2) is 6.29 Å². The molecule has 1 saturated heterocycles. The molecule has 0 aliphatic carbocycles. The number of hydrogen-bond donors (Lipinski definition) is 6. The quantitative estimate of drug-likeness (QED) is 0.170. The fourth-order valence-electron chi connectivity index (χ4n) is 2.30. The zero-order valence-electron chi connectivity index (χ0n) is 14.5. The molecular weight excluding hydrogens is 479 g/mol. The first kappa shape index (κ1) is 24.9. The largest absolute Gasteiger partial charge is 0.490 e. The summed E-state index contributed by atoms with van der Waals surface area (Å²) in [6.45, 7) is -0.918. The monoisotopic (exact) mass is 495 g/mol. The Morgan fingerprint density at radius 3 is 2.43 bits per heavy atom. The van der Waals surface area contributed by atoms with Crippen LogP contribution < -0.4 is 11.4 Å². The van der Waals surface area contributed by atoms with E-state index in [4.69, 9.17) is 25.2 Å². The van der Waals surface area contributed by atoms with E-state index in [2.05, 4.69) is 18.1 Å². The Morgan fingerprint density at radius 2 is 1.87 bits per heavy atom. The van der Waals surface area contributed by atoms with E-state index < -0.39 is 54.2 Å². The minimum atomic E-state index is -5.70. The van der Waals surface area contributed by atoms with Gasteiger partial charge in [0.1, 0.15) is 18.1 Å². The highest BCUT2D eigenvalue weighted by molar-refractivity contribution is 7.66. The van der Waals surface area contributed by atoms with Crippen LogP contribution in [0.25, 0.3) is 0 Å². The number of nitrogens with two attached hydrogens (primary N) is 1. The van der Waals surface area contributed by atoms with Crippen LogP contribution in [0.5, 0.6) is 0 Å². The molecule has 0 saturated carbocycles. The summed E-state index contributed by atoms with van der Waals surface area (Å²) < 4.78 is 51.1. The molecule has 17 nitrogen and oxygen atoms in total. The van der Waals surface area contributed by atoms with E-state index in [1.54, 1.807) is 0 Å². The molecule has 5 atom stereocenters. The molecule has 0 radical (unpaired) electrons. The van der Waals surface area contributed by atoms with Crippen molar-refractivity contribution in [2.24, 2.45) is 0 Å². The summed E-state index contributed by atoms with van der Waals surface area (Å²) in [6, 6.07) is 0. The molecule has 0 aromatic carbocycles. The zero-order chi connectivity index (χ0) is 22.9. The lowest BCUT2D eigenvalue weighted by atomic mass is 10.2. The zero-order valence-corrected chi connectivity index (χ0v) is 17.2. The number of phosphoric acid groups is 3. The summed E-state index contributed by atoms with van der Waals surface area (Å²) in [7, 11) is -16.7. The summed E-state index contributed by atoms with van der Waals surface area (Å²) >= 11 is 0. The lowest BCUT2D eigenvalue weighted by Gasteiger charge is -2.19. The molecule has 170 valence electrons. The second-order valence-corrected chi connectivity index (χ2v) is 10.1. The van der Waals surface area contributed by atoms with Crippen molar-refractivity contribution in [2.45, 2.75) is 24.9 Å². The van der Waals surface area contributed by atoms with Crippen molar-refractivity contribution < 1.29 is 61.1 Å². The van der Waals surface area contributed by atoms with E-state index in [1.165, 1.54) is 0 Å². The number of rotatable bonds is 9. The fourth-order valence-corrected chi connectivity index (χ4v) is 5.33. The van der Waals surface area contributed by atoms with Crippen molar-refractivity contribution in [3.8, 4) is 0 Å². The van der Waals surface area contributed by atoms with Crippen LogP contribution in [0.2, 0.25) is 0 Å². The molecule has 1 aromatic rings. The predicted molar refractivity (Wildman–Crippen MR) is 92.6 cm³/mol. The van der Waals surface area contributed by atoms with Gasteiger partial charge in [0.05, 0.1) is 18.3 Å². The van der Waals surface area contributed by atoms with Gasteiger partial charge in [0.25, 0.3) is 0 Å². The van der Waals surface area contributed by atoms with Crippen molar-refractivity contribution in [3.05, 3.63) is 22.2 Å². The van der Waals surface area contributed by atoms with Crippen LogP contribution in [0.1, 0.15) is 23.0 Å². The van der Waals surface area contributed by atoms with Gasteiger partial charge >= 0.3 is 29.2 Å². The highest BCUT2D eigenvalue weighted by Crippen LogP contribution is 2.66. The first-order valence-electron chi connectivity index (χ1n) is 7.58. The molecule has 30 heavy (non-hydrogen) atoms. The molecule has 2 heterocycles. The lowest BCUT2D eigenvalue weighted by molar-refractivity contribution is -0.0449. The van der Waals surface area contributed by atoms with E-state index in [9.17, 15) is 33.3 Å². The Balaban J connectivity index is 2.05. The van der Waals surface area contributed by atoms with Crippen molar-refractivity contribution in [2.75, 3.05) is 12.3 Å². The van der Waals surface area contributed by atoms with Crippen LogP contribution >= 0.6 is 23.5 Å². The number of aliphatic hydroxyl groups excluding tert-OH is 1. The number of carbonyl (C=O) groups excluding carboxylic acids is 1. The molecule has 1 aliphatic heterocycles. The number of phosphoric ester groups is 1. The average molecular weight is 495 g/mol. The van der Waals surface area contributed by atoms with Gasteiger partial charge in [-0.15, -0.1) is 0 Å². The standard InChI is InChI=1S/C10H16N3O14P3/c11-9-5(3-14)2-13(10(16)12-9)8-1-6(15)7(25-8)4-24-29(20,21)27-30(22,23)26-28(17,18)19/h2-3,6-8,15H,1,4H2,(H,20,21)(H,22,23)(H2,11,12,16)(H2,17,18,19)/t6-,7+,8+/m0/s1. The van der Waals surface area contributed by atoms with Gasteiger partial charge in [-0.1, -0.05) is 0 Å². The number of ether oxygens (including phenoxy) is 1. The molecule has 1 fully saturated rings. The third kappa shape index (κ3) is 6.85. The minimum Gasteiger partial charge on any atom is -0.390 e. The molecular formula is C10H16N3O14P3. The SMILES string of the molecule is Nc1nc(=O)n([C@H]2C[C@H](O)[C@@H](COP(=O)(O)OP(=O)(O)OP(=O)(O)O)O2)cc1C=O. The van der Waals surface area contributed by atoms with Gasteiger partial charge in [0.2, 0.25) is 0 Å². The van der Waals surface area contributed by atoms with Crippen LogP contribution in [0.4, 0.5) is 5.82 Å². The number of nitrogen functional groups attached to an aromatic ring is 1. The van der Waals surface area contributed by atoms with Gasteiger partial charge in [-0.25, -0.2) is 18.5 Å². The Labute approximate surface area is 166 Å². The van der Waals surface area contributed by atoms with Crippen LogP contribution in [0, 0.1) is 0 Å². The molecule has 0 spiro atoms. The summed E-state index contributed by atoms with van der Waals surface area (Å²) in [5.41, 5.74) is 4.35. The molecule has 0 amide bonds. The first-order valence-corrected chi connectivity index (χ1v) is 12.1. The van der Waals surface area contributed by atoms with Gasteiger partial charge in [0, 0.05) is 12.6 Å². The molecule has 2 rings (SSSR count). The fraction of sp³-hybridized carbons (Fsp3) is 0.500. The third-order valence-corrected chi connectivity index (χ3v) is 7.27. The second-order valence-electron chi connectivity index (χ2n) is 5.71. The summed E-state index contributed by atoms with van der Waals surface area (Å²) in [4.78, 5) is 61.6. The van der Waals surface area contributed by atoms with E-state index in [0.717, 1.165) is 10.8 Å². The van der Waals surface area contributed by atoms with Crippen LogP contribution in [-0.2, 0) is 31.6 Å². The van der Waals surface area contributed by atoms with Gasteiger partial charge < -0.3 is 35.2 Å². The van der Waals surface area contributed by atoms with Crippen molar-refractivity contribution in [3.63, 3.8) is 0 Å². The number of aromatic nitrogens is 2. The number of hydrogen-bond acceptors (Lipinski definition) is 12. The van der Waals surface area contributed by atoms with E-state index >= 15 is 0 Å². The Kier molecular flexibility index (Phi) is 7.52. The van der Waals surface area contributed by atoms with Gasteiger partial charge in [-0.05, 0) is 0 Å². The molecule has 2 unspecified atom stereocenters. The topological polar surface area (TPSA) is 267 Å². The summed E-state index contributed by atoms with van der Waals surface area (Å²) in [5, 5.41) is 10.00. The smallest absolute Gasteiger partial charge is 0.390 e. The average Bonchev–Trinajstić information content (AvgIpc) is 2.90. The number of nitrogens with zero attached hydrogens (tertiary/aromatic N) is 2. The summed E-state index contributed by atoms with van der Waals surface area (Å²) in [5.74, 6) is -0.325. The van der Waals surface area contributed by atoms with Crippen molar-refractivity contribution in [1.29, 1.82) is 0 Å².